The van der Waals surface area contributed by atoms with Crippen molar-refractivity contribution >= 4 is 40.9 Å². The Morgan fingerprint density at radius 2 is 2.26 bits per heavy atom. The van der Waals surface area contributed by atoms with Crippen molar-refractivity contribution in [3.63, 3.8) is 0 Å². The predicted octanol–water partition coefficient (Wildman–Crippen LogP) is 3.25. The van der Waals surface area contributed by atoms with Crippen molar-refractivity contribution in [1.29, 1.82) is 0 Å². The fourth-order valence-corrected chi connectivity index (χ4v) is 3.64. The van der Waals surface area contributed by atoms with Gasteiger partial charge in [-0.15, -0.1) is 0 Å². The van der Waals surface area contributed by atoms with Crippen LogP contribution in [-0.2, 0) is 4.74 Å². The molecule has 1 atom stereocenters. The van der Waals surface area contributed by atoms with Crippen LogP contribution in [0.3, 0.4) is 0 Å². The maximum atomic E-state index is 12.0. The molecule has 2 rings (SSSR count). The molecule has 1 N–H and O–H groups in total. The van der Waals surface area contributed by atoms with Gasteiger partial charge in [-0.2, -0.15) is 11.8 Å². The Bertz CT molecular complexity index is 476. The van der Waals surface area contributed by atoms with Gasteiger partial charge in [0.2, 0.25) is 0 Å². The van der Waals surface area contributed by atoms with Crippen LogP contribution in [0.4, 0.5) is 0 Å². The number of hydrogen-bond donors (Lipinski definition) is 1. The van der Waals surface area contributed by atoms with Crippen LogP contribution in [0.15, 0.2) is 18.2 Å². The second-order valence-electron chi connectivity index (χ2n) is 4.50. The molecule has 0 bridgehead atoms. The van der Waals surface area contributed by atoms with Gasteiger partial charge < -0.3 is 10.1 Å². The smallest absolute Gasteiger partial charge is 0.251 e. The summed E-state index contributed by atoms with van der Waals surface area (Å²) in [5, 5.41) is 3.73. The van der Waals surface area contributed by atoms with Crippen LogP contribution >= 0.6 is 35.0 Å². The number of carbonyl (C=O) groups is 1. The van der Waals surface area contributed by atoms with Crippen molar-refractivity contribution in [3.05, 3.63) is 33.8 Å². The molecule has 0 saturated carbocycles. The SMILES string of the molecule is COC1(CNC(=O)c2ccc(Cl)c(Cl)c2)CCSC1. The molecule has 1 fully saturated rings. The summed E-state index contributed by atoms with van der Waals surface area (Å²) < 4.78 is 5.55. The van der Waals surface area contributed by atoms with Crippen molar-refractivity contribution in [2.24, 2.45) is 0 Å². The highest BCUT2D eigenvalue weighted by Crippen LogP contribution is 2.30. The van der Waals surface area contributed by atoms with Crippen LogP contribution in [0.5, 0.6) is 0 Å². The summed E-state index contributed by atoms with van der Waals surface area (Å²) in [6.45, 7) is 0.510. The zero-order valence-electron chi connectivity index (χ0n) is 10.5. The number of benzene rings is 1. The second kappa shape index (κ2) is 6.35. The van der Waals surface area contributed by atoms with E-state index in [1.807, 2.05) is 11.8 Å². The predicted molar refractivity (Wildman–Crippen MR) is 80.5 cm³/mol. The van der Waals surface area contributed by atoms with Gasteiger partial charge in [-0.1, -0.05) is 23.2 Å². The number of amides is 1. The minimum absolute atomic E-state index is 0.160. The third-order valence-corrected chi connectivity index (χ3v) is 5.22. The molecule has 19 heavy (non-hydrogen) atoms. The average Bonchev–Trinajstić information content (AvgIpc) is 2.89. The van der Waals surface area contributed by atoms with E-state index in [-0.39, 0.29) is 11.5 Å². The van der Waals surface area contributed by atoms with Gasteiger partial charge in [0.25, 0.3) is 5.91 Å². The van der Waals surface area contributed by atoms with Crippen molar-refractivity contribution in [1.82, 2.24) is 5.32 Å². The summed E-state index contributed by atoms with van der Waals surface area (Å²) in [6.07, 6.45) is 0.954. The normalized spacial score (nSPS) is 22.5. The molecular formula is C13H15Cl2NO2S. The standard InChI is InChI=1S/C13H15Cl2NO2S/c1-18-13(4-5-19-8-13)7-16-12(17)9-2-3-10(14)11(15)6-9/h2-3,6H,4-5,7-8H2,1H3,(H,16,17). The zero-order valence-corrected chi connectivity index (χ0v) is 12.9. The molecule has 1 aliphatic heterocycles. The lowest BCUT2D eigenvalue weighted by molar-refractivity contribution is 0.0137. The van der Waals surface area contributed by atoms with Crippen LogP contribution in [-0.4, -0.2) is 36.7 Å². The van der Waals surface area contributed by atoms with Gasteiger partial charge in [-0.3, -0.25) is 4.79 Å². The average molecular weight is 320 g/mol. The van der Waals surface area contributed by atoms with Crippen LogP contribution in [0.1, 0.15) is 16.8 Å². The monoisotopic (exact) mass is 319 g/mol. The first-order valence-corrected chi connectivity index (χ1v) is 7.83. The number of hydrogen-bond acceptors (Lipinski definition) is 3. The Kier molecular flexibility index (Phi) is 5.01. The molecule has 0 radical (unpaired) electrons. The lowest BCUT2D eigenvalue weighted by atomic mass is 10.0. The number of nitrogens with one attached hydrogen (secondary N) is 1. The van der Waals surface area contributed by atoms with Crippen molar-refractivity contribution in [3.8, 4) is 0 Å². The van der Waals surface area contributed by atoms with Crippen LogP contribution < -0.4 is 5.32 Å². The summed E-state index contributed by atoms with van der Waals surface area (Å²) in [4.78, 5) is 12.0. The highest BCUT2D eigenvalue weighted by atomic mass is 35.5. The molecule has 1 aromatic rings. The van der Waals surface area contributed by atoms with E-state index in [9.17, 15) is 4.79 Å². The molecule has 1 heterocycles. The Morgan fingerprint density at radius 3 is 2.84 bits per heavy atom. The number of thioether (sulfide) groups is 1. The summed E-state index contributed by atoms with van der Waals surface area (Å²) in [5.74, 6) is 1.81. The molecule has 0 spiro atoms. The highest BCUT2D eigenvalue weighted by molar-refractivity contribution is 7.99. The second-order valence-corrected chi connectivity index (χ2v) is 6.42. The zero-order chi connectivity index (χ0) is 13.9. The topological polar surface area (TPSA) is 38.3 Å². The molecular weight excluding hydrogens is 305 g/mol. The van der Waals surface area contributed by atoms with Gasteiger partial charge in [0.15, 0.2) is 0 Å². The molecule has 104 valence electrons. The van der Waals surface area contributed by atoms with Crippen molar-refractivity contribution in [2.75, 3.05) is 25.2 Å². The minimum Gasteiger partial charge on any atom is -0.376 e. The lowest BCUT2D eigenvalue weighted by Crippen LogP contribution is -2.44. The maximum absolute atomic E-state index is 12.0. The summed E-state index contributed by atoms with van der Waals surface area (Å²) in [6, 6.07) is 4.85. The first-order valence-electron chi connectivity index (χ1n) is 5.92. The third-order valence-electron chi connectivity index (χ3n) is 3.25. The highest BCUT2D eigenvalue weighted by Gasteiger charge is 2.34. The van der Waals surface area contributed by atoms with E-state index in [0.717, 1.165) is 17.9 Å². The van der Waals surface area contributed by atoms with E-state index in [2.05, 4.69) is 5.32 Å². The van der Waals surface area contributed by atoms with Crippen LogP contribution in [0.2, 0.25) is 10.0 Å². The van der Waals surface area contributed by atoms with E-state index in [1.165, 1.54) is 0 Å². The van der Waals surface area contributed by atoms with Crippen molar-refractivity contribution < 1.29 is 9.53 Å². The van der Waals surface area contributed by atoms with Crippen molar-refractivity contribution in [2.45, 2.75) is 12.0 Å². The van der Waals surface area contributed by atoms with E-state index in [0.29, 0.717) is 22.2 Å². The van der Waals surface area contributed by atoms with Crippen LogP contribution in [0, 0.1) is 0 Å². The van der Waals surface area contributed by atoms with E-state index < -0.39 is 0 Å². The van der Waals surface area contributed by atoms with E-state index >= 15 is 0 Å². The molecule has 1 aliphatic rings. The summed E-state index contributed by atoms with van der Waals surface area (Å²) in [7, 11) is 1.69. The number of halogens is 2. The first kappa shape index (κ1) is 15.0. The molecule has 1 amide bonds. The molecule has 0 aromatic heterocycles. The lowest BCUT2D eigenvalue weighted by Gasteiger charge is -2.26. The van der Waals surface area contributed by atoms with Gasteiger partial charge in [0.1, 0.15) is 0 Å². The Morgan fingerprint density at radius 1 is 1.47 bits per heavy atom. The van der Waals surface area contributed by atoms with Gasteiger partial charge in [-0.05, 0) is 30.4 Å². The fraction of sp³-hybridized carbons (Fsp3) is 0.462. The molecule has 1 aromatic carbocycles. The largest absolute Gasteiger partial charge is 0.376 e. The van der Waals surface area contributed by atoms with Gasteiger partial charge in [-0.25, -0.2) is 0 Å². The number of rotatable bonds is 4. The minimum atomic E-state index is -0.240. The molecule has 0 aliphatic carbocycles. The molecule has 3 nitrogen and oxygen atoms in total. The fourth-order valence-electron chi connectivity index (χ4n) is 1.94. The van der Waals surface area contributed by atoms with Crippen LogP contribution in [0.25, 0.3) is 0 Å². The number of methoxy groups -OCH3 is 1. The maximum Gasteiger partial charge on any atom is 0.251 e. The molecule has 6 heteroatoms. The van der Waals surface area contributed by atoms with E-state index in [1.54, 1.807) is 25.3 Å². The van der Waals surface area contributed by atoms with E-state index in [4.69, 9.17) is 27.9 Å². The Labute approximate surface area is 127 Å². The Hall–Kier alpha value is -0.420. The number of carbonyl (C=O) groups excluding carboxylic acids is 1. The Balaban J connectivity index is 1.99. The molecule has 1 saturated heterocycles. The number of ether oxygens (including phenoxy) is 1. The summed E-state index contributed by atoms with van der Waals surface area (Å²) in [5.41, 5.74) is 0.266. The first-order chi connectivity index (χ1) is 9.06. The molecule has 1 unspecified atom stereocenters. The van der Waals surface area contributed by atoms with Gasteiger partial charge in [0, 0.05) is 25.0 Å². The summed E-state index contributed by atoms with van der Waals surface area (Å²) >= 11 is 13.6. The third kappa shape index (κ3) is 3.57. The quantitative estimate of drug-likeness (QED) is 0.925. The van der Waals surface area contributed by atoms with Gasteiger partial charge >= 0.3 is 0 Å². The van der Waals surface area contributed by atoms with Gasteiger partial charge in [0.05, 0.1) is 15.6 Å².